The first-order chi connectivity index (χ1) is 6.15. The number of hydrogen-bond donors (Lipinski definition) is 1. The number of aromatic nitrogens is 2. The molecule has 1 aromatic heterocycles. The van der Waals surface area contributed by atoms with Crippen LogP contribution in [0.15, 0.2) is 6.07 Å². The lowest BCUT2D eigenvalue weighted by Gasteiger charge is -1.96. The van der Waals surface area contributed by atoms with Crippen molar-refractivity contribution in [3.05, 3.63) is 17.5 Å². The Bertz CT molecular complexity index is 279. The summed E-state index contributed by atoms with van der Waals surface area (Å²) in [5, 5.41) is 12.6. The number of rotatable bonds is 2. The molecular weight excluding hydrogens is 168 g/mol. The van der Waals surface area contributed by atoms with E-state index < -0.39 is 5.97 Å². The lowest BCUT2D eigenvalue weighted by atomic mass is 10.4. The zero-order valence-electron chi connectivity index (χ0n) is 8.53. The monoisotopic (exact) mass is 184 g/mol. The third-order valence-electron chi connectivity index (χ3n) is 1.42. The topological polar surface area (TPSA) is 55.1 Å². The molecule has 0 saturated carbocycles. The predicted octanol–water partition coefficient (Wildman–Crippen LogP) is 1.94. The average Bonchev–Trinajstić information content (AvgIpc) is 2.50. The van der Waals surface area contributed by atoms with Gasteiger partial charge >= 0.3 is 5.97 Å². The Morgan fingerprint density at radius 3 is 2.46 bits per heavy atom. The number of nitrogens with zero attached hydrogens (tertiary/aromatic N) is 2. The first-order valence-electron chi connectivity index (χ1n) is 4.43. The van der Waals surface area contributed by atoms with Crippen molar-refractivity contribution in [2.24, 2.45) is 0 Å². The van der Waals surface area contributed by atoms with Gasteiger partial charge in [0.2, 0.25) is 0 Å². The van der Waals surface area contributed by atoms with E-state index in [2.05, 4.69) is 5.10 Å². The van der Waals surface area contributed by atoms with Crippen LogP contribution >= 0.6 is 0 Å². The van der Waals surface area contributed by atoms with Crippen LogP contribution in [-0.4, -0.2) is 20.9 Å². The molecule has 0 aliphatic rings. The van der Waals surface area contributed by atoms with Gasteiger partial charge in [-0.2, -0.15) is 5.10 Å². The Morgan fingerprint density at radius 1 is 1.62 bits per heavy atom. The molecule has 74 valence electrons. The smallest absolute Gasteiger partial charge is 0.354 e. The molecular formula is C9H16N2O2. The second-order valence-electron chi connectivity index (χ2n) is 2.29. The van der Waals surface area contributed by atoms with Gasteiger partial charge in [0.25, 0.3) is 0 Å². The van der Waals surface area contributed by atoms with Crippen molar-refractivity contribution < 1.29 is 9.90 Å². The van der Waals surface area contributed by atoms with E-state index in [1.54, 1.807) is 13.0 Å². The van der Waals surface area contributed by atoms with E-state index in [0.717, 1.165) is 5.69 Å². The van der Waals surface area contributed by atoms with Crippen molar-refractivity contribution >= 4 is 5.97 Å². The molecule has 0 bridgehead atoms. The second kappa shape index (κ2) is 5.35. The molecule has 0 saturated heterocycles. The van der Waals surface area contributed by atoms with Gasteiger partial charge in [0.05, 0.1) is 5.69 Å². The highest BCUT2D eigenvalue weighted by Gasteiger charge is 2.09. The zero-order chi connectivity index (χ0) is 10.4. The van der Waals surface area contributed by atoms with E-state index in [9.17, 15) is 4.79 Å². The summed E-state index contributed by atoms with van der Waals surface area (Å²) >= 11 is 0. The van der Waals surface area contributed by atoms with Crippen LogP contribution in [-0.2, 0) is 6.54 Å². The van der Waals surface area contributed by atoms with Crippen LogP contribution in [0.1, 0.15) is 37.0 Å². The third-order valence-corrected chi connectivity index (χ3v) is 1.42. The largest absolute Gasteiger partial charge is 0.477 e. The molecule has 0 fully saturated rings. The highest BCUT2D eigenvalue weighted by molar-refractivity contribution is 5.85. The Balaban J connectivity index is 0.000000671. The molecule has 0 aliphatic carbocycles. The Kier molecular flexibility index (Phi) is 4.80. The maximum Gasteiger partial charge on any atom is 0.354 e. The van der Waals surface area contributed by atoms with E-state index in [-0.39, 0.29) is 5.69 Å². The molecule has 0 spiro atoms. The van der Waals surface area contributed by atoms with Gasteiger partial charge in [-0.1, -0.05) is 13.8 Å². The SMILES string of the molecule is CC.CCn1nc(C)cc1C(=O)O. The van der Waals surface area contributed by atoms with E-state index in [4.69, 9.17) is 5.11 Å². The fourth-order valence-corrected chi connectivity index (χ4v) is 0.959. The number of aromatic carboxylic acids is 1. The molecule has 4 nitrogen and oxygen atoms in total. The minimum absolute atomic E-state index is 0.255. The van der Waals surface area contributed by atoms with Gasteiger partial charge in [-0.25, -0.2) is 4.79 Å². The highest BCUT2D eigenvalue weighted by Crippen LogP contribution is 2.02. The first-order valence-corrected chi connectivity index (χ1v) is 4.43. The van der Waals surface area contributed by atoms with Crippen LogP contribution in [0, 0.1) is 6.92 Å². The summed E-state index contributed by atoms with van der Waals surface area (Å²) < 4.78 is 1.47. The van der Waals surface area contributed by atoms with Gasteiger partial charge in [0.1, 0.15) is 5.69 Å². The van der Waals surface area contributed by atoms with Crippen molar-refractivity contribution in [2.45, 2.75) is 34.2 Å². The summed E-state index contributed by atoms with van der Waals surface area (Å²) in [7, 11) is 0. The van der Waals surface area contributed by atoms with Crippen molar-refractivity contribution in [1.29, 1.82) is 0 Å². The van der Waals surface area contributed by atoms with Gasteiger partial charge in [-0.15, -0.1) is 0 Å². The molecule has 0 amide bonds. The fraction of sp³-hybridized carbons (Fsp3) is 0.556. The number of carboxylic acids is 1. The summed E-state index contributed by atoms with van der Waals surface area (Å²) in [5.41, 5.74) is 0.995. The molecule has 0 unspecified atom stereocenters. The number of carbonyl (C=O) groups is 1. The van der Waals surface area contributed by atoms with Gasteiger partial charge in [-0.3, -0.25) is 4.68 Å². The van der Waals surface area contributed by atoms with Gasteiger partial charge in [0, 0.05) is 6.54 Å². The van der Waals surface area contributed by atoms with Crippen LogP contribution in [0.4, 0.5) is 0 Å². The summed E-state index contributed by atoms with van der Waals surface area (Å²) in [6.07, 6.45) is 0. The molecule has 0 aromatic carbocycles. The standard InChI is InChI=1S/C7H10N2O2.C2H6/c1-3-9-6(7(10)11)4-5(2)8-9;1-2/h4H,3H2,1-2H3,(H,10,11);1-2H3. The molecule has 1 N–H and O–H groups in total. The summed E-state index contributed by atoms with van der Waals surface area (Å²) in [6.45, 7) is 8.23. The molecule has 0 aliphatic heterocycles. The summed E-state index contributed by atoms with van der Waals surface area (Å²) in [4.78, 5) is 10.5. The predicted molar refractivity (Wildman–Crippen MR) is 50.9 cm³/mol. The molecule has 4 heteroatoms. The summed E-state index contributed by atoms with van der Waals surface area (Å²) in [6, 6.07) is 1.56. The van der Waals surface area contributed by atoms with Crippen molar-refractivity contribution in [1.82, 2.24) is 9.78 Å². The van der Waals surface area contributed by atoms with Gasteiger partial charge in [-0.05, 0) is 19.9 Å². The fourth-order valence-electron chi connectivity index (χ4n) is 0.959. The molecule has 0 radical (unpaired) electrons. The number of hydrogen-bond acceptors (Lipinski definition) is 2. The molecule has 1 heterocycles. The van der Waals surface area contributed by atoms with Crippen LogP contribution in [0.2, 0.25) is 0 Å². The van der Waals surface area contributed by atoms with Crippen LogP contribution < -0.4 is 0 Å². The second-order valence-corrected chi connectivity index (χ2v) is 2.29. The lowest BCUT2D eigenvalue weighted by molar-refractivity contribution is 0.0683. The quantitative estimate of drug-likeness (QED) is 0.764. The average molecular weight is 184 g/mol. The third kappa shape index (κ3) is 2.89. The normalized spacial score (nSPS) is 8.92. The van der Waals surface area contributed by atoms with E-state index >= 15 is 0 Å². The lowest BCUT2D eigenvalue weighted by Crippen LogP contribution is -2.07. The van der Waals surface area contributed by atoms with Crippen LogP contribution in [0.3, 0.4) is 0 Å². The molecule has 13 heavy (non-hydrogen) atoms. The number of aryl methyl sites for hydroxylation is 2. The van der Waals surface area contributed by atoms with Gasteiger partial charge < -0.3 is 5.11 Å². The zero-order valence-corrected chi connectivity index (χ0v) is 8.53. The Morgan fingerprint density at radius 2 is 2.15 bits per heavy atom. The van der Waals surface area contributed by atoms with E-state index in [1.807, 2.05) is 20.8 Å². The maximum absolute atomic E-state index is 10.5. The molecule has 1 aromatic rings. The summed E-state index contributed by atoms with van der Waals surface area (Å²) in [5.74, 6) is -0.924. The van der Waals surface area contributed by atoms with Crippen molar-refractivity contribution in [2.75, 3.05) is 0 Å². The molecule has 1 rings (SSSR count). The number of carboxylic acid groups (broad SMARTS) is 1. The van der Waals surface area contributed by atoms with Crippen molar-refractivity contribution in [3.8, 4) is 0 Å². The Labute approximate surface area is 78.2 Å². The maximum atomic E-state index is 10.5. The first kappa shape index (κ1) is 11.7. The van der Waals surface area contributed by atoms with Crippen molar-refractivity contribution in [3.63, 3.8) is 0 Å². The molecule has 0 atom stereocenters. The minimum atomic E-state index is -0.924. The highest BCUT2D eigenvalue weighted by atomic mass is 16.4. The van der Waals surface area contributed by atoms with Crippen LogP contribution in [0.5, 0.6) is 0 Å². The van der Waals surface area contributed by atoms with E-state index in [1.165, 1.54) is 4.68 Å². The van der Waals surface area contributed by atoms with E-state index in [0.29, 0.717) is 6.54 Å². The van der Waals surface area contributed by atoms with Crippen LogP contribution in [0.25, 0.3) is 0 Å². The Hall–Kier alpha value is -1.32. The minimum Gasteiger partial charge on any atom is -0.477 e. The van der Waals surface area contributed by atoms with Gasteiger partial charge in [0.15, 0.2) is 0 Å².